The predicted octanol–water partition coefficient (Wildman–Crippen LogP) is 3.78. The Labute approximate surface area is 181 Å². The molecule has 0 aliphatic carbocycles. The van der Waals surface area contributed by atoms with E-state index < -0.39 is 21.9 Å². The molecule has 6 nitrogen and oxygen atoms in total. The summed E-state index contributed by atoms with van der Waals surface area (Å²) in [6.07, 6.45) is 0.701. The number of carbonyl (C=O) groups excluding carboxylic acids is 2. The van der Waals surface area contributed by atoms with Gasteiger partial charge in [0.15, 0.2) is 12.4 Å². The Morgan fingerprint density at radius 3 is 2.27 bits per heavy atom. The Bertz CT molecular complexity index is 1040. The van der Waals surface area contributed by atoms with Crippen molar-refractivity contribution in [2.45, 2.75) is 31.6 Å². The Morgan fingerprint density at radius 1 is 1.03 bits per heavy atom. The Balaban J connectivity index is 1.53. The van der Waals surface area contributed by atoms with Gasteiger partial charge in [0.1, 0.15) is 0 Å². The molecule has 0 spiro atoms. The van der Waals surface area contributed by atoms with Crippen molar-refractivity contribution in [2.24, 2.45) is 5.92 Å². The van der Waals surface area contributed by atoms with Gasteiger partial charge in [-0.25, -0.2) is 8.42 Å². The monoisotopic (exact) mass is 449 g/mol. The second kappa shape index (κ2) is 9.29. The van der Waals surface area contributed by atoms with Crippen LogP contribution in [0, 0.1) is 19.8 Å². The van der Waals surface area contributed by atoms with Crippen LogP contribution in [0.2, 0.25) is 5.02 Å². The minimum absolute atomic E-state index is 0.173. The fourth-order valence-corrected chi connectivity index (χ4v) is 4.94. The van der Waals surface area contributed by atoms with Crippen LogP contribution in [-0.2, 0) is 19.6 Å². The molecule has 1 aliphatic heterocycles. The molecule has 30 heavy (non-hydrogen) atoms. The lowest BCUT2D eigenvalue weighted by Crippen LogP contribution is -2.40. The van der Waals surface area contributed by atoms with E-state index >= 15 is 0 Å². The van der Waals surface area contributed by atoms with Crippen LogP contribution in [0.3, 0.4) is 0 Å². The van der Waals surface area contributed by atoms with Crippen molar-refractivity contribution in [3.05, 3.63) is 64.2 Å². The molecule has 1 heterocycles. The van der Waals surface area contributed by atoms with Crippen molar-refractivity contribution in [1.29, 1.82) is 0 Å². The van der Waals surface area contributed by atoms with Crippen molar-refractivity contribution < 1.29 is 22.7 Å². The van der Waals surface area contributed by atoms with Crippen LogP contribution in [0.4, 0.5) is 0 Å². The molecule has 1 saturated heterocycles. The van der Waals surface area contributed by atoms with E-state index in [1.54, 1.807) is 12.1 Å². The Morgan fingerprint density at radius 2 is 1.67 bits per heavy atom. The van der Waals surface area contributed by atoms with Crippen LogP contribution < -0.4 is 0 Å². The van der Waals surface area contributed by atoms with Gasteiger partial charge in [0.2, 0.25) is 10.0 Å². The lowest BCUT2D eigenvalue weighted by Gasteiger charge is -2.30. The largest absolute Gasteiger partial charge is 0.457 e. The van der Waals surface area contributed by atoms with E-state index in [-0.39, 0.29) is 30.4 Å². The third kappa shape index (κ3) is 5.09. The van der Waals surface area contributed by atoms with E-state index in [1.165, 1.54) is 28.6 Å². The number of nitrogens with zero attached hydrogens (tertiary/aromatic N) is 1. The number of aryl methyl sites for hydroxylation is 2. The molecule has 0 aromatic heterocycles. The number of hydrogen-bond donors (Lipinski definition) is 0. The summed E-state index contributed by atoms with van der Waals surface area (Å²) in [6, 6.07) is 11.4. The predicted molar refractivity (Wildman–Crippen MR) is 114 cm³/mol. The first kappa shape index (κ1) is 22.5. The molecule has 1 fully saturated rings. The van der Waals surface area contributed by atoms with Gasteiger partial charge in [-0.05, 0) is 68.1 Å². The average molecular weight is 450 g/mol. The van der Waals surface area contributed by atoms with Gasteiger partial charge in [0, 0.05) is 23.7 Å². The highest BCUT2D eigenvalue weighted by atomic mass is 35.5. The van der Waals surface area contributed by atoms with Crippen molar-refractivity contribution >= 4 is 33.4 Å². The summed E-state index contributed by atoms with van der Waals surface area (Å²) in [5, 5.41) is 0.464. The maximum Gasteiger partial charge on any atom is 0.309 e. The maximum atomic E-state index is 12.7. The number of esters is 1. The van der Waals surface area contributed by atoms with Crippen molar-refractivity contribution in [2.75, 3.05) is 19.7 Å². The highest BCUT2D eigenvalue weighted by Gasteiger charge is 2.33. The molecular weight excluding hydrogens is 426 g/mol. The molecule has 0 unspecified atom stereocenters. The summed E-state index contributed by atoms with van der Waals surface area (Å²) in [7, 11) is -3.63. The van der Waals surface area contributed by atoms with Crippen molar-refractivity contribution in [3.8, 4) is 0 Å². The SMILES string of the molecule is Cc1ccc(C(=O)COC(=O)C2CCN(S(=O)(=O)c3ccc(Cl)cc3)CC2)cc1C. The lowest BCUT2D eigenvalue weighted by atomic mass is 9.98. The third-order valence-electron chi connectivity index (χ3n) is 5.41. The Kier molecular flexibility index (Phi) is 6.95. The smallest absolute Gasteiger partial charge is 0.309 e. The summed E-state index contributed by atoms with van der Waals surface area (Å²) >= 11 is 5.82. The molecule has 0 N–H and O–H groups in total. The van der Waals surface area contributed by atoms with Gasteiger partial charge in [-0.15, -0.1) is 0 Å². The van der Waals surface area contributed by atoms with E-state index in [2.05, 4.69) is 0 Å². The first-order valence-corrected chi connectivity index (χ1v) is 11.5. The molecular formula is C22H24ClNO5S. The van der Waals surface area contributed by atoms with Gasteiger partial charge in [-0.1, -0.05) is 23.7 Å². The molecule has 0 atom stereocenters. The number of Topliss-reactive ketones (excluding diaryl/α,β-unsaturated/α-hetero) is 1. The van der Waals surface area contributed by atoms with E-state index in [0.717, 1.165) is 11.1 Å². The standard InChI is InChI=1S/C22H24ClNO5S/c1-15-3-4-18(13-16(15)2)21(25)14-29-22(26)17-9-11-24(12-10-17)30(27,28)20-7-5-19(23)6-8-20/h3-8,13,17H,9-12,14H2,1-2H3. The van der Waals surface area contributed by atoms with Crippen molar-refractivity contribution in [3.63, 3.8) is 0 Å². The number of ketones is 1. The average Bonchev–Trinajstić information content (AvgIpc) is 2.74. The Hall–Kier alpha value is -2.22. The normalized spacial score (nSPS) is 15.7. The number of rotatable bonds is 6. The van der Waals surface area contributed by atoms with Crippen LogP contribution in [0.5, 0.6) is 0 Å². The summed E-state index contributed by atoms with van der Waals surface area (Å²) in [5.41, 5.74) is 2.60. The van der Waals surface area contributed by atoms with E-state index in [4.69, 9.17) is 16.3 Å². The van der Waals surface area contributed by atoms with Gasteiger partial charge < -0.3 is 4.74 Å². The fourth-order valence-electron chi connectivity index (χ4n) is 3.34. The molecule has 160 valence electrons. The first-order chi connectivity index (χ1) is 14.2. The summed E-state index contributed by atoms with van der Waals surface area (Å²) in [6.45, 7) is 4.00. The third-order valence-corrected chi connectivity index (χ3v) is 7.58. The summed E-state index contributed by atoms with van der Waals surface area (Å²) < 4.78 is 32.0. The molecule has 3 rings (SSSR count). The van der Waals surface area contributed by atoms with E-state index in [9.17, 15) is 18.0 Å². The summed E-state index contributed by atoms with van der Waals surface area (Å²) in [5.74, 6) is -1.14. The molecule has 2 aromatic carbocycles. The number of halogens is 1. The van der Waals surface area contributed by atoms with Gasteiger partial charge in [0.25, 0.3) is 0 Å². The number of sulfonamides is 1. The van der Waals surface area contributed by atoms with Gasteiger partial charge in [0.05, 0.1) is 10.8 Å². The molecule has 0 radical (unpaired) electrons. The topological polar surface area (TPSA) is 80.8 Å². The van der Waals surface area contributed by atoms with Crippen LogP contribution in [-0.4, -0.2) is 44.2 Å². The number of ether oxygens (including phenoxy) is 1. The number of hydrogen-bond acceptors (Lipinski definition) is 5. The molecule has 0 amide bonds. The number of piperidine rings is 1. The van der Waals surface area contributed by atoms with Crippen LogP contribution in [0.15, 0.2) is 47.4 Å². The fraction of sp³-hybridized carbons (Fsp3) is 0.364. The zero-order chi connectivity index (χ0) is 21.9. The first-order valence-electron chi connectivity index (χ1n) is 9.71. The maximum absolute atomic E-state index is 12.7. The highest BCUT2D eigenvalue weighted by Crippen LogP contribution is 2.25. The van der Waals surface area contributed by atoms with Gasteiger partial charge in [-0.2, -0.15) is 4.31 Å². The van der Waals surface area contributed by atoms with E-state index in [1.807, 2.05) is 19.9 Å². The number of carbonyl (C=O) groups is 2. The van der Waals surface area contributed by atoms with Crippen LogP contribution >= 0.6 is 11.6 Å². The molecule has 0 saturated carbocycles. The minimum atomic E-state index is -3.63. The molecule has 0 bridgehead atoms. The summed E-state index contributed by atoms with van der Waals surface area (Å²) in [4.78, 5) is 24.8. The van der Waals surface area contributed by atoms with Crippen LogP contribution in [0.25, 0.3) is 0 Å². The van der Waals surface area contributed by atoms with Gasteiger partial charge >= 0.3 is 5.97 Å². The van der Waals surface area contributed by atoms with Crippen LogP contribution in [0.1, 0.15) is 34.3 Å². The lowest BCUT2D eigenvalue weighted by molar-refractivity contribution is -0.148. The van der Waals surface area contributed by atoms with E-state index in [0.29, 0.717) is 23.4 Å². The molecule has 1 aliphatic rings. The molecule has 8 heteroatoms. The molecule has 2 aromatic rings. The highest BCUT2D eigenvalue weighted by molar-refractivity contribution is 7.89. The second-order valence-electron chi connectivity index (χ2n) is 7.46. The zero-order valence-electron chi connectivity index (χ0n) is 16.9. The number of benzene rings is 2. The van der Waals surface area contributed by atoms with Crippen molar-refractivity contribution in [1.82, 2.24) is 4.31 Å². The quantitative estimate of drug-likeness (QED) is 0.495. The minimum Gasteiger partial charge on any atom is -0.457 e. The second-order valence-corrected chi connectivity index (χ2v) is 9.84. The zero-order valence-corrected chi connectivity index (χ0v) is 18.5. The van der Waals surface area contributed by atoms with Gasteiger partial charge in [-0.3, -0.25) is 9.59 Å².